The van der Waals surface area contributed by atoms with E-state index in [9.17, 15) is 9.59 Å². The van der Waals surface area contributed by atoms with Crippen molar-refractivity contribution in [3.05, 3.63) is 34.3 Å². The summed E-state index contributed by atoms with van der Waals surface area (Å²) < 4.78 is 5.78. The summed E-state index contributed by atoms with van der Waals surface area (Å²) in [7, 11) is 0. The molecular weight excluding hydrogens is 310 g/mol. The molecule has 0 saturated carbocycles. The zero-order chi connectivity index (χ0) is 14.3. The van der Waals surface area contributed by atoms with Gasteiger partial charge in [0, 0.05) is 23.1 Å². The molecular formula is C14H18BrNO3. The molecule has 1 amide bonds. The fourth-order valence-corrected chi connectivity index (χ4v) is 1.90. The first-order valence-electron chi connectivity index (χ1n) is 6.29. The monoisotopic (exact) mass is 327 g/mol. The third-order valence-electron chi connectivity index (χ3n) is 2.65. The van der Waals surface area contributed by atoms with Gasteiger partial charge in [-0.15, -0.1) is 0 Å². The smallest absolute Gasteiger partial charge is 0.307 e. The third-order valence-corrected chi connectivity index (χ3v) is 3.18. The largest absolute Gasteiger partial charge is 0.466 e. The van der Waals surface area contributed by atoms with Crippen LogP contribution in [0.3, 0.4) is 0 Å². The second kappa shape index (κ2) is 7.94. The molecule has 0 aliphatic rings. The van der Waals surface area contributed by atoms with Gasteiger partial charge in [0.1, 0.15) is 0 Å². The minimum absolute atomic E-state index is 0.0701. The molecule has 0 aliphatic heterocycles. The highest BCUT2D eigenvalue weighted by Gasteiger charge is 2.15. The number of carbonyl (C=O) groups excluding carboxylic acids is 2. The second-order valence-electron chi connectivity index (χ2n) is 3.95. The van der Waals surface area contributed by atoms with Crippen molar-refractivity contribution in [2.75, 3.05) is 19.7 Å². The molecule has 0 bridgehead atoms. The summed E-state index contributed by atoms with van der Waals surface area (Å²) in [4.78, 5) is 25.2. The standard InChI is InChI=1S/C14H18BrNO3/c1-3-16(10-9-13(17)19-4-2)14(18)11-5-7-12(15)8-6-11/h5-8H,3-4,9-10H2,1-2H3. The number of esters is 1. The Morgan fingerprint density at radius 1 is 1.21 bits per heavy atom. The van der Waals surface area contributed by atoms with Gasteiger partial charge < -0.3 is 9.64 Å². The third kappa shape index (κ3) is 5.03. The first-order chi connectivity index (χ1) is 9.08. The lowest BCUT2D eigenvalue weighted by molar-refractivity contribution is -0.143. The number of rotatable bonds is 6. The van der Waals surface area contributed by atoms with Gasteiger partial charge in [-0.3, -0.25) is 9.59 Å². The van der Waals surface area contributed by atoms with Gasteiger partial charge in [-0.05, 0) is 38.1 Å². The summed E-state index contributed by atoms with van der Waals surface area (Å²) in [5.41, 5.74) is 0.619. The first-order valence-corrected chi connectivity index (χ1v) is 7.08. The number of ether oxygens (including phenoxy) is 1. The van der Waals surface area contributed by atoms with Crippen LogP contribution in [0.1, 0.15) is 30.6 Å². The first kappa shape index (κ1) is 15.7. The number of amides is 1. The number of benzene rings is 1. The molecule has 104 valence electrons. The Morgan fingerprint density at radius 3 is 2.37 bits per heavy atom. The SMILES string of the molecule is CCOC(=O)CCN(CC)C(=O)c1ccc(Br)cc1. The Labute approximate surface area is 121 Å². The van der Waals surface area contributed by atoms with Gasteiger partial charge in [0.2, 0.25) is 0 Å². The van der Waals surface area contributed by atoms with Crippen LogP contribution in [0.4, 0.5) is 0 Å². The summed E-state index contributed by atoms with van der Waals surface area (Å²) in [6, 6.07) is 7.18. The quantitative estimate of drug-likeness (QED) is 0.755. The molecule has 0 spiro atoms. The summed E-state index contributed by atoms with van der Waals surface area (Å²) in [6.45, 7) is 4.97. The lowest BCUT2D eigenvalue weighted by Gasteiger charge is -2.20. The Morgan fingerprint density at radius 2 is 1.84 bits per heavy atom. The van der Waals surface area contributed by atoms with E-state index in [4.69, 9.17) is 4.74 Å². The van der Waals surface area contributed by atoms with Gasteiger partial charge in [-0.2, -0.15) is 0 Å². The van der Waals surface area contributed by atoms with Gasteiger partial charge in [-0.25, -0.2) is 0 Å². The predicted molar refractivity (Wildman–Crippen MR) is 77.0 cm³/mol. The second-order valence-corrected chi connectivity index (χ2v) is 4.86. The molecule has 4 nitrogen and oxygen atoms in total. The topological polar surface area (TPSA) is 46.6 Å². The molecule has 0 radical (unpaired) electrons. The fraction of sp³-hybridized carbons (Fsp3) is 0.429. The van der Waals surface area contributed by atoms with Crippen molar-refractivity contribution >= 4 is 27.8 Å². The van der Waals surface area contributed by atoms with Gasteiger partial charge in [0.05, 0.1) is 13.0 Å². The molecule has 0 fully saturated rings. The van der Waals surface area contributed by atoms with Crippen molar-refractivity contribution in [2.45, 2.75) is 20.3 Å². The predicted octanol–water partition coefficient (Wildman–Crippen LogP) is 2.86. The van der Waals surface area contributed by atoms with Crippen molar-refractivity contribution in [3.63, 3.8) is 0 Å². The molecule has 0 N–H and O–H groups in total. The minimum atomic E-state index is -0.274. The Balaban J connectivity index is 2.61. The Kier molecular flexibility index (Phi) is 6.56. The summed E-state index contributed by atoms with van der Waals surface area (Å²) >= 11 is 3.33. The van der Waals surface area contributed by atoms with Gasteiger partial charge in [-0.1, -0.05) is 15.9 Å². The maximum Gasteiger partial charge on any atom is 0.307 e. The zero-order valence-electron chi connectivity index (χ0n) is 11.2. The van der Waals surface area contributed by atoms with E-state index in [0.717, 1.165) is 4.47 Å². The van der Waals surface area contributed by atoms with E-state index in [2.05, 4.69) is 15.9 Å². The molecule has 0 aromatic heterocycles. The summed E-state index contributed by atoms with van der Waals surface area (Å²) in [6.07, 6.45) is 0.226. The average molecular weight is 328 g/mol. The number of carbonyl (C=O) groups is 2. The van der Waals surface area contributed by atoms with Crippen molar-refractivity contribution < 1.29 is 14.3 Å². The van der Waals surface area contributed by atoms with Crippen LogP contribution in [0.25, 0.3) is 0 Å². The van der Waals surface area contributed by atoms with E-state index >= 15 is 0 Å². The molecule has 0 aliphatic carbocycles. The van der Waals surface area contributed by atoms with E-state index in [-0.39, 0.29) is 18.3 Å². The van der Waals surface area contributed by atoms with Gasteiger partial charge in [0.15, 0.2) is 0 Å². The van der Waals surface area contributed by atoms with Crippen molar-refractivity contribution in [1.29, 1.82) is 0 Å². The fourth-order valence-electron chi connectivity index (χ4n) is 1.64. The molecule has 1 aromatic rings. The van der Waals surface area contributed by atoms with Crippen molar-refractivity contribution in [3.8, 4) is 0 Å². The minimum Gasteiger partial charge on any atom is -0.466 e. The molecule has 0 heterocycles. The molecule has 0 saturated heterocycles. The van der Waals surface area contributed by atoms with Crippen LogP contribution in [-0.4, -0.2) is 36.5 Å². The maximum atomic E-state index is 12.2. The number of nitrogens with zero attached hydrogens (tertiary/aromatic N) is 1. The van der Waals surface area contributed by atoms with Gasteiger partial charge in [0.25, 0.3) is 5.91 Å². The van der Waals surface area contributed by atoms with Crippen LogP contribution in [-0.2, 0) is 9.53 Å². The van der Waals surface area contributed by atoms with Crippen LogP contribution in [0.2, 0.25) is 0 Å². The van der Waals surface area contributed by atoms with Gasteiger partial charge >= 0.3 is 5.97 Å². The Bertz CT molecular complexity index is 431. The highest BCUT2D eigenvalue weighted by molar-refractivity contribution is 9.10. The van der Waals surface area contributed by atoms with E-state index in [1.807, 2.05) is 19.1 Å². The molecule has 19 heavy (non-hydrogen) atoms. The van der Waals surface area contributed by atoms with Crippen LogP contribution in [0.5, 0.6) is 0 Å². The van der Waals surface area contributed by atoms with Crippen LogP contribution >= 0.6 is 15.9 Å². The molecule has 1 aromatic carbocycles. The lowest BCUT2D eigenvalue weighted by Crippen LogP contribution is -2.33. The van der Waals surface area contributed by atoms with Crippen molar-refractivity contribution in [2.24, 2.45) is 0 Å². The Hall–Kier alpha value is -1.36. The lowest BCUT2D eigenvalue weighted by atomic mass is 10.2. The molecule has 1 rings (SSSR count). The number of hydrogen-bond acceptors (Lipinski definition) is 3. The van der Waals surface area contributed by atoms with Crippen LogP contribution < -0.4 is 0 Å². The normalized spacial score (nSPS) is 10.1. The van der Waals surface area contributed by atoms with E-state index in [1.165, 1.54) is 0 Å². The number of halogens is 1. The van der Waals surface area contributed by atoms with Crippen LogP contribution in [0, 0.1) is 0 Å². The zero-order valence-corrected chi connectivity index (χ0v) is 12.8. The molecule has 0 unspecified atom stereocenters. The van der Waals surface area contributed by atoms with E-state index in [1.54, 1.807) is 24.0 Å². The molecule has 5 heteroatoms. The highest BCUT2D eigenvalue weighted by Crippen LogP contribution is 2.12. The van der Waals surface area contributed by atoms with Crippen molar-refractivity contribution in [1.82, 2.24) is 4.90 Å². The highest BCUT2D eigenvalue weighted by atomic mass is 79.9. The summed E-state index contributed by atoms with van der Waals surface area (Å²) in [5.74, 6) is -0.344. The van der Waals surface area contributed by atoms with E-state index in [0.29, 0.717) is 25.3 Å². The summed E-state index contributed by atoms with van der Waals surface area (Å²) in [5, 5.41) is 0. The van der Waals surface area contributed by atoms with Crippen LogP contribution in [0.15, 0.2) is 28.7 Å². The molecule has 0 atom stereocenters. The average Bonchev–Trinajstić information content (AvgIpc) is 2.40. The number of hydrogen-bond donors (Lipinski definition) is 0. The maximum absolute atomic E-state index is 12.2. The van der Waals surface area contributed by atoms with E-state index < -0.39 is 0 Å².